The standard InChI is InChI=1S/C24H21F2N3O3/c1-2-15-5-8-27-19(11-15)22(30)28-9-6-24(7-10-28)23(31)29-20(3-4-21(29)32-24)16-12-17(25)14-18(26)13-16/h1,5,8,11-14,20-21H,3-4,6-7,9-10H2/t20-,21+/m0/s1. The molecule has 3 aliphatic rings. The Hall–Kier alpha value is -3.31. The molecule has 6 nitrogen and oxygen atoms in total. The number of terminal acetylenes is 1. The fraction of sp³-hybridized carbons (Fsp3) is 0.375. The number of benzene rings is 1. The third-order valence-corrected chi connectivity index (χ3v) is 6.59. The molecular formula is C24H21F2N3O3. The number of amides is 2. The van der Waals surface area contributed by atoms with Gasteiger partial charge in [0.1, 0.15) is 23.6 Å². The van der Waals surface area contributed by atoms with Crippen molar-refractivity contribution in [2.24, 2.45) is 0 Å². The number of pyridine rings is 1. The van der Waals surface area contributed by atoms with Crippen molar-refractivity contribution < 1.29 is 23.1 Å². The lowest BCUT2D eigenvalue weighted by atomic mass is 9.89. The van der Waals surface area contributed by atoms with E-state index in [-0.39, 0.29) is 17.5 Å². The summed E-state index contributed by atoms with van der Waals surface area (Å²) >= 11 is 0. The SMILES string of the molecule is C#Cc1ccnc(C(=O)N2CCC3(CC2)O[C@@H]2CC[C@@H](c4cc(F)cc(F)c4)N2C3=O)c1. The number of piperidine rings is 1. The first kappa shape index (κ1) is 20.6. The first-order chi connectivity index (χ1) is 15.4. The van der Waals surface area contributed by atoms with E-state index in [9.17, 15) is 18.4 Å². The minimum Gasteiger partial charge on any atom is -0.342 e. The molecule has 0 radical (unpaired) electrons. The monoisotopic (exact) mass is 437 g/mol. The summed E-state index contributed by atoms with van der Waals surface area (Å²) in [6, 6.07) is 6.16. The van der Waals surface area contributed by atoms with Crippen LogP contribution >= 0.6 is 0 Å². The summed E-state index contributed by atoms with van der Waals surface area (Å²) in [5.41, 5.74) is 0.265. The summed E-state index contributed by atoms with van der Waals surface area (Å²) < 4.78 is 33.7. The second-order valence-corrected chi connectivity index (χ2v) is 8.44. The number of rotatable bonds is 2. The topological polar surface area (TPSA) is 62.7 Å². The maximum Gasteiger partial charge on any atom is 0.272 e. The molecule has 5 rings (SSSR count). The molecular weight excluding hydrogens is 416 g/mol. The molecule has 0 saturated carbocycles. The molecule has 2 aromatic rings. The molecule has 0 aliphatic carbocycles. The largest absolute Gasteiger partial charge is 0.342 e. The van der Waals surface area contributed by atoms with Crippen molar-refractivity contribution in [3.63, 3.8) is 0 Å². The van der Waals surface area contributed by atoms with E-state index in [1.807, 2.05) is 0 Å². The normalized spacial score (nSPS) is 24.0. The Morgan fingerprint density at radius 3 is 2.56 bits per heavy atom. The smallest absolute Gasteiger partial charge is 0.272 e. The molecule has 3 saturated heterocycles. The molecule has 2 atom stereocenters. The van der Waals surface area contributed by atoms with Crippen molar-refractivity contribution in [3.8, 4) is 12.3 Å². The van der Waals surface area contributed by atoms with Crippen LogP contribution in [0.3, 0.4) is 0 Å². The van der Waals surface area contributed by atoms with E-state index in [4.69, 9.17) is 11.2 Å². The van der Waals surface area contributed by atoms with Gasteiger partial charge in [-0.15, -0.1) is 6.42 Å². The summed E-state index contributed by atoms with van der Waals surface area (Å²) in [7, 11) is 0. The number of carbonyl (C=O) groups is 2. The van der Waals surface area contributed by atoms with Crippen LogP contribution in [0.5, 0.6) is 0 Å². The van der Waals surface area contributed by atoms with Gasteiger partial charge in [0, 0.05) is 43.8 Å². The number of carbonyl (C=O) groups excluding carboxylic acids is 2. The number of fused-ring (bicyclic) bond motifs is 1. The van der Waals surface area contributed by atoms with E-state index in [1.54, 1.807) is 21.9 Å². The van der Waals surface area contributed by atoms with Crippen LogP contribution in [0, 0.1) is 24.0 Å². The van der Waals surface area contributed by atoms with Crippen molar-refractivity contribution in [1.29, 1.82) is 0 Å². The third-order valence-electron chi connectivity index (χ3n) is 6.59. The van der Waals surface area contributed by atoms with Gasteiger partial charge in [0.25, 0.3) is 11.8 Å². The highest BCUT2D eigenvalue weighted by atomic mass is 19.1. The molecule has 3 fully saturated rings. The van der Waals surface area contributed by atoms with Crippen LogP contribution in [-0.4, -0.2) is 51.5 Å². The summed E-state index contributed by atoms with van der Waals surface area (Å²) in [6.07, 6.45) is 8.36. The van der Waals surface area contributed by atoms with Crippen molar-refractivity contribution in [2.75, 3.05) is 13.1 Å². The fourth-order valence-corrected chi connectivity index (χ4v) is 5.01. The Morgan fingerprint density at radius 1 is 1.16 bits per heavy atom. The molecule has 3 aliphatic heterocycles. The summed E-state index contributed by atoms with van der Waals surface area (Å²) in [5.74, 6) is 0.745. The van der Waals surface area contributed by atoms with Gasteiger partial charge in [0.2, 0.25) is 0 Å². The van der Waals surface area contributed by atoms with E-state index in [0.29, 0.717) is 49.9 Å². The second-order valence-electron chi connectivity index (χ2n) is 8.44. The minimum atomic E-state index is -1.01. The van der Waals surface area contributed by atoms with Gasteiger partial charge in [-0.3, -0.25) is 14.6 Å². The van der Waals surface area contributed by atoms with Crippen molar-refractivity contribution >= 4 is 11.8 Å². The molecule has 0 bridgehead atoms. The van der Waals surface area contributed by atoms with E-state index in [1.165, 1.54) is 18.3 Å². The maximum absolute atomic E-state index is 13.7. The van der Waals surface area contributed by atoms with E-state index in [2.05, 4.69) is 10.9 Å². The zero-order valence-electron chi connectivity index (χ0n) is 17.3. The van der Waals surface area contributed by atoms with Gasteiger partial charge >= 0.3 is 0 Å². The van der Waals surface area contributed by atoms with E-state index < -0.39 is 29.5 Å². The lowest BCUT2D eigenvalue weighted by Crippen LogP contribution is -2.51. The molecule has 1 spiro atoms. The molecule has 32 heavy (non-hydrogen) atoms. The molecule has 2 amide bonds. The van der Waals surface area contributed by atoms with Crippen LogP contribution in [0.4, 0.5) is 8.78 Å². The summed E-state index contributed by atoms with van der Waals surface area (Å²) in [5, 5.41) is 0. The molecule has 1 aromatic heterocycles. The number of likely N-dealkylation sites (tertiary alicyclic amines) is 1. The first-order valence-electron chi connectivity index (χ1n) is 10.6. The van der Waals surface area contributed by atoms with E-state index in [0.717, 1.165) is 6.07 Å². The van der Waals surface area contributed by atoms with Crippen molar-refractivity contribution in [1.82, 2.24) is 14.8 Å². The van der Waals surface area contributed by atoms with Gasteiger partial charge in [0.05, 0.1) is 6.04 Å². The Balaban J connectivity index is 1.31. The van der Waals surface area contributed by atoms with Crippen LogP contribution in [0.2, 0.25) is 0 Å². The highest BCUT2D eigenvalue weighted by Gasteiger charge is 2.58. The average Bonchev–Trinajstić information content (AvgIpc) is 3.31. The first-order valence-corrected chi connectivity index (χ1v) is 10.6. The maximum atomic E-state index is 13.7. The minimum absolute atomic E-state index is 0.172. The zero-order chi connectivity index (χ0) is 22.5. The average molecular weight is 437 g/mol. The molecule has 1 aromatic carbocycles. The van der Waals surface area contributed by atoms with Gasteiger partial charge in [-0.05, 0) is 42.7 Å². The lowest BCUT2D eigenvalue weighted by molar-refractivity contribution is -0.142. The van der Waals surface area contributed by atoms with Crippen molar-refractivity contribution in [2.45, 2.75) is 43.6 Å². The van der Waals surface area contributed by atoms with Crippen LogP contribution in [0.15, 0.2) is 36.5 Å². The number of aromatic nitrogens is 1. The number of nitrogens with zero attached hydrogens (tertiary/aromatic N) is 3. The predicted molar refractivity (Wildman–Crippen MR) is 110 cm³/mol. The Morgan fingerprint density at radius 2 is 1.88 bits per heavy atom. The number of hydrogen-bond acceptors (Lipinski definition) is 4. The molecule has 0 unspecified atom stereocenters. The van der Waals surface area contributed by atoms with Gasteiger partial charge in [-0.1, -0.05) is 5.92 Å². The van der Waals surface area contributed by atoms with Crippen molar-refractivity contribution in [3.05, 3.63) is 65.0 Å². The van der Waals surface area contributed by atoms with E-state index >= 15 is 0 Å². The number of ether oxygens (including phenoxy) is 1. The predicted octanol–water partition coefficient (Wildman–Crippen LogP) is 3.04. The summed E-state index contributed by atoms with van der Waals surface area (Å²) in [4.78, 5) is 33.7. The van der Waals surface area contributed by atoms with Crippen LogP contribution in [0.25, 0.3) is 0 Å². The van der Waals surface area contributed by atoms with Gasteiger partial charge in [-0.2, -0.15) is 0 Å². The highest BCUT2D eigenvalue weighted by molar-refractivity contribution is 5.93. The Bertz CT molecular complexity index is 1120. The fourth-order valence-electron chi connectivity index (χ4n) is 5.01. The Kier molecular flexibility index (Phi) is 4.94. The number of hydrogen-bond donors (Lipinski definition) is 0. The molecule has 4 heterocycles. The lowest BCUT2D eigenvalue weighted by Gasteiger charge is -2.37. The zero-order valence-corrected chi connectivity index (χ0v) is 17.3. The summed E-state index contributed by atoms with van der Waals surface area (Å²) in [6.45, 7) is 0.679. The molecule has 8 heteroatoms. The van der Waals surface area contributed by atoms with Gasteiger partial charge in [-0.25, -0.2) is 8.78 Å². The Labute approximate surface area is 184 Å². The van der Waals surface area contributed by atoms with Gasteiger partial charge in [0.15, 0.2) is 5.60 Å². The molecule has 164 valence electrons. The third kappa shape index (κ3) is 3.33. The quantitative estimate of drug-likeness (QED) is 0.678. The number of halogens is 2. The van der Waals surface area contributed by atoms with Crippen LogP contribution in [0.1, 0.15) is 53.3 Å². The highest BCUT2D eigenvalue weighted by Crippen LogP contribution is 2.47. The van der Waals surface area contributed by atoms with Crippen LogP contribution in [-0.2, 0) is 9.53 Å². The molecule has 0 N–H and O–H groups in total. The second kappa shape index (κ2) is 7.68. The van der Waals surface area contributed by atoms with Gasteiger partial charge < -0.3 is 14.5 Å². The van der Waals surface area contributed by atoms with Crippen LogP contribution < -0.4 is 0 Å².